The molecule has 0 spiro atoms. The lowest BCUT2D eigenvalue weighted by molar-refractivity contribution is 0.112. The molecule has 19 heavy (non-hydrogen) atoms. The van der Waals surface area contributed by atoms with Gasteiger partial charge in [0.1, 0.15) is 0 Å². The van der Waals surface area contributed by atoms with Gasteiger partial charge < -0.3 is 0 Å². The van der Waals surface area contributed by atoms with E-state index in [2.05, 4.69) is 24.3 Å². The summed E-state index contributed by atoms with van der Waals surface area (Å²) in [5.41, 5.74) is 4.14. The van der Waals surface area contributed by atoms with E-state index in [4.69, 9.17) is 0 Å². The van der Waals surface area contributed by atoms with Gasteiger partial charge in [0.15, 0.2) is 6.29 Å². The third-order valence-corrected chi connectivity index (χ3v) is 6.12. The van der Waals surface area contributed by atoms with E-state index in [1.54, 1.807) is 11.3 Å². The van der Waals surface area contributed by atoms with Crippen LogP contribution in [0.4, 0.5) is 0 Å². The van der Waals surface area contributed by atoms with E-state index in [-0.39, 0.29) is 0 Å². The van der Waals surface area contributed by atoms with Crippen molar-refractivity contribution < 1.29 is 4.79 Å². The van der Waals surface area contributed by atoms with E-state index in [1.807, 2.05) is 17.8 Å². The minimum Gasteiger partial charge on any atom is -0.297 e. The number of rotatable bonds is 4. The third kappa shape index (κ3) is 2.77. The largest absolute Gasteiger partial charge is 0.297 e. The minimum atomic E-state index is 0.963. The second kappa shape index (κ2) is 5.93. The zero-order valence-corrected chi connectivity index (χ0v) is 12.4. The van der Waals surface area contributed by atoms with Crippen molar-refractivity contribution in [2.45, 2.75) is 35.6 Å². The van der Waals surface area contributed by atoms with E-state index in [1.165, 1.54) is 33.7 Å². The average Bonchev–Trinajstić information content (AvgIpc) is 2.84. The van der Waals surface area contributed by atoms with E-state index < -0.39 is 0 Å². The van der Waals surface area contributed by atoms with Gasteiger partial charge in [-0.1, -0.05) is 30.3 Å². The van der Waals surface area contributed by atoms with Crippen LogP contribution >= 0.6 is 23.1 Å². The molecule has 0 saturated carbocycles. The van der Waals surface area contributed by atoms with Crippen molar-refractivity contribution >= 4 is 29.4 Å². The Morgan fingerprint density at radius 1 is 1.11 bits per heavy atom. The normalized spacial score (nSPS) is 14.1. The maximum Gasteiger partial charge on any atom is 0.160 e. The topological polar surface area (TPSA) is 17.1 Å². The lowest BCUT2D eigenvalue weighted by Gasteiger charge is -2.13. The van der Waals surface area contributed by atoms with Gasteiger partial charge in [-0.25, -0.2) is 0 Å². The molecule has 3 rings (SSSR count). The maximum absolute atomic E-state index is 11.2. The van der Waals surface area contributed by atoms with Crippen LogP contribution in [0.15, 0.2) is 34.5 Å². The molecule has 0 unspecified atom stereocenters. The van der Waals surface area contributed by atoms with Crippen LogP contribution in [0.3, 0.4) is 0 Å². The molecule has 0 fully saturated rings. The summed E-state index contributed by atoms with van der Waals surface area (Å²) in [5.74, 6) is 0.992. The maximum atomic E-state index is 11.2. The number of carbonyl (C=O) groups excluding carboxylic acids is 1. The molecule has 1 nitrogen and oxygen atoms in total. The van der Waals surface area contributed by atoms with Crippen LogP contribution < -0.4 is 0 Å². The smallest absolute Gasteiger partial charge is 0.160 e. The second-order valence-electron chi connectivity index (χ2n) is 4.81. The van der Waals surface area contributed by atoms with Crippen LogP contribution in [-0.4, -0.2) is 6.29 Å². The van der Waals surface area contributed by atoms with Crippen molar-refractivity contribution in [3.63, 3.8) is 0 Å². The van der Waals surface area contributed by atoms with Crippen molar-refractivity contribution in [2.24, 2.45) is 0 Å². The number of hydrogen-bond donors (Lipinski definition) is 0. The molecule has 0 radical (unpaired) electrons. The van der Waals surface area contributed by atoms with E-state index in [0.29, 0.717) is 0 Å². The fourth-order valence-electron chi connectivity index (χ4n) is 2.56. The predicted molar refractivity (Wildman–Crippen MR) is 82.4 cm³/mol. The summed E-state index contributed by atoms with van der Waals surface area (Å²) in [4.78, 5) is 12.1. The molecular formula is C16H16OS2. The van der Waals surface area contributed by atoms with Crippen LogP contribution in [0, 0.1) is 0 Å². The van der Waals surface area contributed by atoms with Crippen molar-refractivity contribution in [1.29, 1.82) is 0 Å². The Morgan fingerprint density at radius 2 is 1.84 bits per heavy atom. The first-order chi connectivity index (χ1) is 9.38. The quantitative estimate of drug-likeness (QED) is 0.597. The molecular weight excluding hydrogens is 272 g/mol. The number of thiophene rings is 1. The molecule has 0 bridgehead atoms. The lowest BCUT2D eigenvalue weighted by atomic mass is 9.94. The Hall–Kier alpha value is -1.06. The fourth-order valence-corrected chi connectivity index (χ4v) is 5.08. The second-order valence-corrected chi connectivity index (χ2v) is 7.11. The van der Waals surface area contributed by atoms with Crippen LogP contribution in [0.1, 0.15) is 39.2 Å². The Kier molecular flexibility index (Phi) is 4.04. The lowest BCUT2D eigenvalue weighted by Crippen LogP contribution is -2.01. The molecule has 1 aromatic carbocycles. The monoisotopic (exact) mass is 288 g/mol. The number of fused-ring (bicyclic) bond motifs is 1. The van der Waals surface area contributed by atoms with Crippen LogP contribution in [0.2, 0.25) is 0 Å². The van der Waals surface area contributed by atoms with E-state index in [9.17, 15) is 4.79 Å². The first kappa shape index (κ1) is 12.9. The molecule has 1 aliphatic rings. The van der Waals surface area contributed by atoms with Gasteiger partial charge in [-0.05, 0) is 42.4 Å². The van der Waals surface area contributed by atoms with Gasteiger partial charge >= 0.3 is 0 Å². The number of benzene rings is 1. The highest BCUT2D eigenvalue weighted by molar-refractivity contribution is 8.00. The van der Waals surface area contributed by atoms with Gasteiger partial charge in [-0.2, -0.15) is 0 Å². The van der Waals surface area contributed by atoms with E-state index in [0.717, 1.165) is 29.8 Å². The van der Waals surface area contributed by atoms with Crippen molar-refractivity contribution in [3.05, 3.63) is 51.9 Å². The van der Waals surface area contributed by atoms with Gasteiger partial charge in [0.2, 0.25) is 0 Å². The van der Waals surface area contributed by atoms with Crippen LogP contribution in [0.5, 0.6) is 0 Å². The standard InChI is InChI=1S/C16H16OS2/c17-10-15-13-8-4-5-9-14(13)16(19-15)18-11-12-6-2-1-3-7-12/h1-3,6-7,10H,4-5,8-9,11H2. The molecule has 1 heterocycles. The molecule has 0 atom stereocenters. The Balaban J connectivity index is 1.81. The summed E-state index contributed by atoms with van der Waals surface area (Å²) in [6.07, 6.45) is 5.78. The highest BCUT2D eigenvalue weighted by atomic mass is 32.2. The summed E-state index contributed by atoms with van der Waals surface area (Å²) in [6.45, 7) is 0. The summed E-state index contributed by atoms with van der Waals surface area (Å²) in [7, 11) is 0. The summed E-state index contributed by atoms with van der Waals surface area (Å²) >= 11 is 3.57. The average molecular weight is 288 g/mol. The van der Waals surface area contributed by atoms with Crippen molar-refractivity contribution in [2.75, 3.05) is 0 Å². The minimum absolute atomic E-state index is 0.963. The first-order valence-corrected chi connectivity index (χ1v) is 8.45. The zero-order chi connectivity index (χ0) is 13.1. The summed E-state index contributed by atoms with van der Waals surface area (Å²) in [5, 5.41) is 0. The molecule has 0 saturated heterocycles. The Morgan fingerprint density at radius 3 is 2.58 bits per heavy atom. The van der Waals surface area contributed by atoms with Crippen LogP contribution in [0.25, 0.3) is 0 Å². The highest BCUT2D eigenvalue weighted by Crippen LogP contribution is 2.40. The molecule has 0 amide bonds. The number of carbonyl (C=O) groups is 1. The third-order valence-electron chi connectivity index (χ3n) is 3.53. The van der Waals surface area contributed by atoms with E-state index >= 15 is 0 Å². The Labute approximate surface area is 122 Å². The molecule has 3 heteroatoms. The van der Waals surface area contributed by atoms with Gasteiger partial charge in [-0.3, -0.25) is 4.79 Å². The summed E-state index contributed by atoms with van der Waals surface area (Å²) < 4.78 is 1.36. The van der Waals surface area contributed by atoms with Gasteiger partial charge in [0, 0.05) is 5.75 Å². The summed E-state index contributed by atoms with van der Waals surface area (Å²) in [6, 6.07) is 10.5. The number of aldehydes is 1. The highest BCUT2D eigenvalue weighted by Gasteiger charge is 2.20. The molecule has 0 N–H and O–H groups in total. The SMILES string of the molecule is O=Cc1sc(SCc2ccccc2)c2c1CCCC2. The Bertz CT molecular complexity index is 572. The number of thioether (sulfide) groups is 1. The molecule has 2 aromatic rings. The predicted octanol–water partition coefficient (Wildman–Crippen LogP) is 4.73. The zero-order valence-electron chi connectivity index (χ0n) is 10.7. The fraction of sp³-hybridized carbons (Fsp3) is 0.312. The number of hydrogen-bond acceptors (Lipinski definition) is 3. The first-order valence-electron chi connectivity index (χ1n) is 6.65. The van der Waals surface area contributed by atoms with Crippen LogP contribution in [-0.2, 0) is 18.6 Å². The van der Waals surface area contributed by atoms with Gasteiger partial charge in [0.05, 0.1) is 9.09 Å². The van der Waals surface area contributed by atoms with Crippen molar-refractivity contribution in [3.8, 4) is 0 Å². The molecule has 1 aliphatic carbocycles. The molecule has 0 aliphatic heterocycles. The molecule has 98 valence electrons. The van der Waals surface area contributed by atoms with Crippen molar-refractivity contribution in [1.82, 2.24) is 0 Å². The van der Waals surface area contributed by atoms with Gasteiger partial charge in [0.25, 0.3) is 0 Å². The van der Waals surface area contributed by atoms with Gasteiger partial charge in [-0.15, -0.1) is 23.1 Å². The molecule has 1 aromatic heterocycles.